The molecule has 4 nitrogen and oxygen atoms in total. The topological polar surface area (TPSA) is 49.9 Å². The lowest BCUT2D eigenvalue weighted by Crippen LogP contribution is -2.39. The Morgan fingerprint density at radius 2 is 2.27 bits per heavy atom. The molecular weight excluding hydrogens is 144 g/mol. The number of aromatic amines is 1. The summed E-state index contributed by atoms with van der Waals surface area (Å²) in [5.41, 5.74) is 0.490. The van der Waals surface area contributed by atoms with Crippen molar-refractivity contribution in [3.05, 3.63) is 16.1 Å². The summed E-state index contributed by atoms with van der Waals surface area (Å²) in [6, 6.07) is 0. The zero-order valence-corrected chi connectivity index (χ0v) is 6.89. The molecule has 1 rings (SSSR count). The second-order valence-electron chi connectivity index (χ2n) is 2.42. The van der Waals surface area contributed by atoms with Gasteiger partial charge in [-0.25, -0.2) is 4.79 Å². The van der Waals surface area contributed by atoms with Crippen LogP contribution in [0.4, 0.5) is 0 Å². The molecule has 0 spiro atoms. The van der Waals surface area contributed by atoms with Gasteiger partial charge in [0.25, 0.3) is 5.69 Å². The van der Waals surface area contributed by atoms with E-state index in [1.807, 2.05) is 13.8 Å². The van der Waals surface area contributed by atoms with E-state index in [-0.39, 0.29) is 5.63 Å². The van der Waals surface area contributed by atoms with Crippen LogP contribution in [-0.2, 0) is 13.0 Å². The highest BCUT2D eigenvalue weighted by atomic mass is 16.5. The van der Waals surface area contributed by atoms with E-state index in [1.54, 1.807) is 4.68 Å². The molecule has 11 heavy (non-hydrogen) atoms. The van der Waals surface area contributed by atoms with Gasteiger partial charge in [0.1, 0.15) is 0 Å². The monoisotopic (exact) mass is 157 g/mol. The molecule has 0 saturated carbocycles. The highest BCUT2D eigenvalue weighted by molar-refractivity contribution is 4.82. The molecule has 0 aliphatic heterocycles. The van der Waals surface area contributed by atoms with Crippen molar-refractivity contribution in [2.45, 2.75) is 33.2 Å². The molecule has 62 valence electrons. The van der Waals surface area contributed by atoms with Gasteiger partial charge in [0.2, 0.25) is 0 Å². The van der Waals surface area contributed by atoms with Gasteiger partial charge in [0.15, 0.2) is 6.54 Å². The summed E-state index contributed by atoms with van der Waals surface area (Å²) in [7, 11) is 0. The van der Waals surface area contributed by atoms with Crippen molar-refractivity contribution in [3.8, 4) is 0 Å². The number of aromatic nitrogens is 2. The number of rotatable bonds is 3. The zero-order valence-electron chi connectivity index (χ0n) is 6.89. The lowest BCUT2D eigenvalue weighted by atomic mass is 10.3. The molecule has 0 amide bonds. The Bertz CT molecular complexity index is 274. The second-order valence-corrected chi connectivity index (χ2v) is 2.42. The Hall–Kier alpha value is -1.06. The normalized spacial score (nSPS) is 10.4. The van der Waals surface area contributed by atoms with Gasteiger partial charge in [-0.05, 0) is 18.6 Å². The Labute approximate surface area is 64.8 Å². The molecule has 0 fully saturated rings. The minimum atomic E-state index is -0.242. The first-order valence-electron chi connectivity index (χ1n) is 3.89. The lowest BCUT2D eigenvalue weighted by Gasteiger charge is -1.85. The molecule has 1 aromatic heterocycles. The van der Waals surface area contributed by atoms with Gasteiger partial charge in [0.05, 0.1) is 0 Å². The van der Waals surface area contributed by atoms with Gasteiger partial charge in [0, 0.05) is 6.42 Å². The number of H-pyrrole nitrogens is 1. The van der Waals surface area contributed by atoms with Crippen molar-refractivity contribution in [3.63, 3.8) is 0 Å². The van der Waals surface area contributed by atoms with E-state index in [9.17, 15) is 4.79 Å². The van der Waals surface area contributed by atoms with Crippen molar-refractivity contribution in [1.82, 2.24) is 5.27 Å². The van der Waals surface area contributed by atoms with Gasteiger partial charge < -0.3 is 0 Å². The maximum Gasteiger partial charge on any atom is 0.429 e. The van der Waals surface area contributed by atoms with Crippen LogP contribution < -0.4 is 10.3 Å². The van der Waals surface area contributed by atoms with Crippen LogP contribution in [0.3, 0.4) is 0 Å². The number of hydrogen-bond donors (Lipinski definition) is 1. The van der Waals surface area contributed by atoms with Crippen LogP contribution in [0, 0.1) is 0 Å². The van der Waals surface area contributed by atoms with Crippen molar-refractivity contribution < 1.29 is 9.20 Å². The molecule has 4 heteroatoms. The Balaban J connectivity index is 2.97. The summed E-state index contributed by atoms with van der Waals surface area (Å²) in [5.74, 6) is 0. The molecule has 0 saturated heterocycles. The van der Waals surface area contributed by atoms with E-state index in [2.05, 4.69) is 9.79 Å². The molecule has 1 aromatic rings. The maximum absolute atomic E-state index is 11.0. The Kier molecular flexibility index (Phi) is 2.46. The third-order valence-corrected chi connectivity index (χ3v) is 1.61. The van der Waals surface area contributed by atoms with E-state index in [4.69, 9.17) is 0 Å². The summed E-state index contributed by atoms with van der Waals surface area (Å²) < 4.78 is 6.35. The standard InChI is InChI=1S/C7H12N2O2/c1-3-5-6-7(10)11-8-9(6)4-2/h3-5H2,1-2H3/p+1. The number of nitrogens with zero attached hydrogens (tertiary/aromatic N) is 1. The van der Waals surface area contributed by atoms with Gasteiger partial charge >= 0.3 is 5.63 Å². The van der Waals surface area contributed by atoms with Crippen LogP contribution in [0.25, 0.3) is 0 Å². The van der Waals surface area contributed by atoms with E-state index < -0.39 is 0 Å². The predicted octanol–water partition coefficient (Wildman–Crippen LogP) is 0.228. The smallest absolute Gasteiger partial charge is 0.283 e. The van der Waals surface area contributed by atoms with Crippen molar-refractivity contribution in [2.24, 2.45) is 0 Å². The van der Waals surface area contributed by atoms with Gasteiger partial charge in [-0.15, -0.1) is 0 Å². The van der Waals surface area contributed by atoms with Crippen LogP contribution in [-0.4, -0.2) is 5.27 Å². The molecule has 1 N–H and O–H groups in total. The Morgan fingerprint density at radius 3 is 2.82 bits per heavy atom. The van der Waals surface area contributed by atoms with Gasteiger partial charge in [-0.2, -0.15) is 0 Å². The molecule has 0 aromatic carbocycles. The third kappa shape index (κ3) is 1.50. The first-order chi connectivity index (χ1) is 5.29. The third-order valence-electron chi connectivity index (χ3n) is 1.61. The average molecular weight is 157 g/mol. The van der Waals surface area contributed by atoms with Crippen LogP contribution >= 0.6 is 0 Å². The van der Waals surface area contributed by atoms with E-state index >= 15 is 0 Å². The van der Waals surface area contributed by atoms with Crippen LogP contribution in [0.5, 0.6) is 0 Å². The van der Waals surface area contributed by atoms with Crippen LogP contribution in [0.1, 0.15) is 26.0 Å². The van der Waals surface area contributed by atoms with Gasteiger partial charge in [-0.3, -0.25) is 4.52 Å². The van der Waals surface area contributed by atoms with Crippen molar-refractivity contribution in [1.29, 1.82) is 0 Å². The molecule has 0 bridgehead atoms. The molecule has 0 aliphatic rings. The second kappa shape index (κ2) is 3.37. The van der Waals surface area contributed by atoms with Crippen molar-refractivity contribution >= 4 is 0 Å². The molecule has 0 unspecified atom stereocenters. The predicted molar refractivity (Wildman–Crippen MR) is 39.2 cm³/mol. The number of aryl methyl sites for hydroxylation is 1. The van der Waals surface area contributed by atoms with E-state index in [0.29, 0.717) is 0 Å². The fourth-order valence-electron chi connectivity index (χ4n) is 1.05. The SMILES string of the molecule is CCCc1c(=O)o[nH][n+]1CC. The highest BCUT2D eigenvalue weighted by Crippen LogP contribution is 1.87. The summed E-state index contributed by atoms with van der Waals surface area (Å²) in [4.78, 5) is 11.0. The average Bonchev–Trinajstić information content (AvgIpc) is 2.34. The van der Waals surface area contributed by atoms with E-state index in [0.717, 1.165) is 25.1 Å². The highest BCUT2D eigenvalue weighted by Gasteiger charge is 2.16. The lowest BCUT2D eigenvalue weighted by molar-refractivity contribution is -0.765. The largest absolute Gasteiger partial charge is 0.429 e. The summed E-state index contributed by atoms with van der Waals surface area (Å²) in [6.07, 6.45) is 1.74. The molecule has 0 aliphatic carbocycles. The summed E-state index contributed by atoms with van der Waals surface area (Å²) in [6.45, 7) is 4.75. The Morgan fingerprint density at radius 1 is 1.55 bits per heavy atom. The summed E-state index contributed by atoms with van der Waals surface area (Å²) >= 11 is 0. The van der Waals surface area contributed by atoms with Crippen molar-refractivity contribution in [2.75, 3.05) is 0 Å². The minimum Gasteiger partial charge on any atom is -0.283 e. The maximum atomic E-state index is 11.0. The molecule has 0 atom stereocenters. The first-order valence-corrected chi connectivity index (χ1v) is 3.89. The molecule has 0 radical (unpaired) electrons. The van der Waals surface area contributed by atoms with E-state index in [1.165, 1.54) is 0 Å². The van der Waals surface area contributed by atoms with Gasteiger partial charge in [-0.1, -0.05) is 11.6 Å². The zero-order chi connectivity index (χ0) is 8.27. The fraction of sp³-hybridized carbons (Fsp3) is 0.714. The van der Waals surface area contributed by atoms with Crippen LogP contribution in [0.2, 0.25) is 0 Å². The number of hydrogen-bond acceptors (Lipinski definition) is 2. The first kappa shape index (κ1) is 8.04. The summed E-state index contributed by atoms with van der Waals surface area (Å²) in [5, 5.41) is 2.54. The molecular formula is C7H13N2O2+. The minimum absolute atomic E-state index is 0.242. The molecule has 1 heterocycles. The quantitative estimate of drug-likeness (QED) is 0.638. The number of nitrogens with one attached hydrogen (secondary N) is 1. The van der Waals surface area contributed by atoms with Crippen LogP contribution in [0.15, 0.2) is 9.32 Å². The fourth-order valence-corrected chi connectivity index (χ4v) is 1.05.